The average molecular weight is 492 g/mol. The number of rotatable bonds is 8. The van der Waals surface area contributed by atoms with E-state index in [0.717, 1.165) is 17.9 Å². The highest BCUT2D eigenvalue weighted by molar-refractivity contribution is 14.0. The van der Waals surface area contributed by atoms with Gasteiger partial charge in [-0.05, 0) is 62.5 Å². The molecule has 8 heteroatoms. The van der Waals surface area contributed by atoms with Crippen LogP contribution in [-0.4, -0.2) is 49.7 Å². The van der Waals surface area contributed by atoms with Gasteiger partial charge in [-0.2, -0.15) is 11.3 Å². The van der Waals surface area contributed by atoms with E-state index in [1.807, 2.05) is 50.0 Å². The molecule has 0 aliphatic rings. The van der Waals surface area contributed by atoms with Crippen LogP contribution in [-0.2, 0) is 5.60 Å². The summed E-state index contributed by atoms with van der Waals surface area (Å²) in [5.74, 6) is 1.58. The number of aliphatic hydroxyl groups is 1. The molecule has 0 radical (unpaired) electrons. The molecule has 2 aromatic heterocycles. The van der Waals surface area contributed by atoms with Gasteiger partial charge in [0.2, 0.25) is 0 Å². The lowest BCUT2D eigenvalue weighted by Gasteiger charge is -2.24. The fourth-order valence-electron chi connectivity index (χ4n) is 2.45. The first-order valence-corrected chi connectivity index (χ1v) is 9.35. The number of nitrogens with zero attached hydrogens (tertiary/aromatic N) is 2. The molecule has 3 N–H and O–H groups in total. The van der Waals surface area contributed by atoms with Gasteiger partial charge in [-0.3, -0.25) is 4.90 Å². The number of hydrogen-bond acceptors (Lipinski definition) is 5. The number of nitrogens with one attached hydrogen (secondary N) is 2. The summed E-state index contributed by atoms with van der Waals surface area (Å²) in [5, 5.41) is 21.1. The summed E-state index contributed by atoms with van der Waals surface area (Å²) in [7, 11) is 4.03. The Morgan fingerprint density at radius 1 is 1.38 bits per heavy atom. The van der Waals surface area contributed by atoms with Crippen molar-refractivity contribution in [1.82, 2.24) is 15.5 Å². The summed E-state index contributed by atoms with van der Waals surface area (Å²) in [6.45, 7) is 5.48. The van der Waals surface area contributed by atoms with Gasteiger partial charge in [0, 0.05) is 13.1 Å². The number of guanidine groups is 1. The first kappa shape index (κ1) is 22.9. The van der Waals surface area contributed by atoms with Crippen LogP contribution in [0.5, 0.6) is 0 Å². The number of furan rings is 1. The second-order valence-electron chi connectivity index (χ2n) is 6.36. The van der Waals surface area contributed by atoms with Crippen molar-refractivity contribution in [1.29, 1.82) is 0 Å². The Bertz CT molecular complexity index is 642. The first-order chi connectivity index (χ1) is 11.9. The highest BCUT2D eigenvalue weighted by Crippen LogP contribution is 2.23. The number of aliphatic imine (C=N–C) groups is 1. The molecule has 2 heterocycles. The van der Waals surface area contributed by atoms with Crippen molar-refractivity contribution >= 4 is 41.3 Å². The fraction of sp³-hybridized carbons (Fsp3) is 0.500. The molecule has 0 spiro atoms. The highest BCUT2D eigenvalue weighted by Gasteiger charge is 2.23. The van der Waals surface area contributed by atoms with E-state index in [0.29, 0.717) is 12.5 Å². The van der Waals surface area contributed by atoms with Crippen LogP contribution in [0.2, 0.25) is 0 Å². The smallest absolute Gasteiger partial charge is 0.191 e. The van der Waals surface area contributed by atoms with Gasteiger partial charge in [0.1, 0.15) is 11.4 Å². The summed E-state index contributed by atoms with van der Waals surface area (Å²) >= 11 is 1.57. The molecule has 2 aromatic rings. The summed E-state index contributed by atoms with van der Waals surface area (Å²) in [6, 6.07) is 5.89. The third-order valence-electron chi connectivity index (χ3n) is 3.99. The number of halogens is 1. The zero-order chi connectivity index (χ0) is 18.3. The maximum atomic E-state index is 10.6. The molecular formula is C18H29IN4O2S. The van der Waals surface area contributed by atoms with Crippen molar-refractivity contribution in [2.24, 2.45) is 4.99 Å². The van der Waals surface area contributed by atoms with Gasteiger partial charge in [-0.1, -0.05) is 0 Å². The minimum atomic E-state index is -0.982. The Balaban J connectivity index is 0.00000338. The molecule has 146 valence electrons. The van der Waals surface area contributed by atoms with Crippen LogP contribution in [0, 0.1) is 0 Å². The summed E-state index contributed by atoms with van der Waals surface area (Å²) in [4.78, 5) is 6.65. The van der Waals surface area contributed by atoms with Crippen LogP contribution >= 0.6 is 35.3 Å². The number of hydrogen-bond donors (Lipinski definition) is 3. The van der Waals surface area contributed by atoms with E-state index >= 15 is 0 Å². The van der Waals surface area contributed by atoms with Crippen LogP contribution < -0.4 is 10.6 Å². The second kappa shape index (κ2) is 10.9. The van der Waals surface area contributed by atoms with Crippen molar-refractivity contribution in [2.45, 2.75) is 25.5 Å². The number of thiophene rings is 1. The van der Waals surface area contributed by atoms with E-state index in [1.54, 1.807) is 24.5 Å². The molecule has 2 atom stereocenters. The topological polar surface area (TPSA) is 73.0 Å². The zero-order valence-corrected chi connectivity index (χ0v) is 18.9. The van der Waals surface area contributed by atoms with Gasteiger partial charge in [-0.25, -0.2) is 4.99 Å². The van der Waals surface area contributed by atoms with E-state index in [4.69, 9.17) is 4.42 Å². The third-order valence-corrected chi connectivity index (χ3v) is 4.67. The van der Waals surface area contributed by atoms with E-state index in [1.165, 1.54) is 0 Å². The molecule has 6 nitrogen and oxygen atoms in total. The van der Waals surface area contributed by atoms with E-state index < -0.39 is 5.60 Å². The summed E-state index contributed by atoms with van der Waals surface area (Å²) < 4.78 is 5.53. The molecule has 26 heavy (non-hydrogen) atoms. The highest BCUT2D eigenvalue weighted by atomic mass is 127. The molecule has 2 unspecified atom stereocenters. The van der Waals surface area contributed by atoms with Crippen molar-refractivity contribution in [3.63, 3.8) is 0 Å². The van der Waals surface area contributed by atoms with Crippen LogP contribution in [0.3, 0.4) is 0 Å². The van der Waals surface area contributed by atoms with Gasteiger partial charge in [-0.15, -0.1) is 24.0 Å². The first-order valence-electron chi connectivity index (χ1n) is 8.41. The van der Waals surface area contributed by atoms with Gasteiger partial charge in [0.25, 0.3) is 0 Å². The van der Waals surface area contributed by atoms with E-state index in [9.17, 15) is 5.11 Å². The van der Waals surface area contributed by atoms with Crippen LogP contribution in [0.4, 0.5) is 0 Å². The molecule has 2 rings (SSSR count). The average Bonchev–Trinajstić information content (AvgIpc) is 3.26. The molecule has 0 fully saturated rings. The van der Waals surface area contributed by atoms with Crippen molar-refractivity contribution in [3.8, 4) is 0 Å². The predicted molar refractivity (Wildman–Crippen MR) is 118 cm³/mol. The second-order valence-corrected chi connectivity index (χ2v) is 7.14. The fourth-order valence-corrected chi connectivity index (χ4v) is 3.23. The van der Waals surface area contributed by atoms with Crippen LogP contribution in [0.15, 0.2) is 44.6 Å². The number of likely N-dealkylation sites (N-methyl/N-ethyl adjacent to an activating group) is 1. The van der Waals surface area contributed by atoms with Gasteiger partial charge >= 0.3 is 0 Å². The Morgan fingerprint density at radius 2 is 2.15 bits per heavy atom. The van der Waals surface area contributed by atoms with Crippen molar-refractivity contribution < 1.29 is 9.52 Å². The lowest BCUT2D eigenvalue weighted by atomic mass is 10.00. The minimum Gasteiger partial charge on any atom is -0.468 e. The van der Waals surface area contributed by atoms with E-state index in [2.05, 4.69) is 20.5 Å². The monoisotopic (exact) mass is 492 g/mol. The maximum Gasteiger partial charge on any atom is 0.191 e. The standard InChI is InChI=1S/C18H28N4O2S.HI/c1-5-19-17(21-13-18(2,23)14-8-10-25-12-14)20-11-15(22(3)4)16-7-6-9-24-16;/h6-10,12,15,23H,5,11,13H2,1-4H3,(H2,19,20,21);1H. The van der Waals surface area contributed by atoms with Gasteiger partial charge in [0.05, 0.1) is 18.8 Å². The third kappa shape index (κ3) is 6.57. The lowest BCUT2D eigenvalue weighted by Crippen LogP contribution is -2.42. The van der Waals surface area contributed by atoms with Crippen molar-refractivity contribution in [3.05, 3.63) is 46.5 Å². The molecule has 0 aliphatic heterocycles. The molecule has 0 bridgehead atoms. The van der Waals surface area contributed by atoms with Gasteiger partial charge < -0.3 is 20.2 Å². The molecule has 0 amide bonds. The normalized spacial score (nSPS) is 15.2. The maximum absolute atomic E-state index is 10.6. The van der Waals surface area contributed by atoms with Gasteiger partial charge in [0.15, 0.2) is 5.96 Å². The van der Waals surface area contributed by atoms with Crippen LogP contribution in [0.25, 0.3) is 0 Å². The lowest BCUT2D eigenvalue weighted by molar-refractivity contribution is 0.0677. The largest absolute Gasteiger partial charge is 0.468 e. The quantitative estimate of drug-likeness (QED) is 0.300. The Hall–Kier alpha value is -1.10. The SMILES string of the molecule is CCNC(=NCC(C)(O)c1ccsc1)NCC(c1ccco1)N(C)C.I. The summed E-state index contributed by atoms with van der Waals surface area (Å²) in [5.41, 5.74) is -0.0940. The minimum absolute atomic E-state index is 0. The van der Waals surface area contributed by atoms with E-state index in [-0.39, 0.29) is 36.6 Å². The molecule has 0 saturated heterocycles. The molecular weight excluding hydrogens is 463 g/mol. The summed E-state index contributed by atoms with van der Waals surface area (Å²) in [6.07, 6.45) is 1.68. The molecule has 0 saturated carbocycles. The molecule has 0 aromatic carbocycles. The Morgan fingerprint density at radius 3 is 2.69 bits per heavy atom. The zero-order valence-electron chi connectivity index (χ0n) is 15.7. The predicted octanol–water partition coefficient (Wildman–Crippen LogP) is 3.02. The molecule has 0 aliphatic carbocycles. The van der Waals surface area contributed by atoms with Crippen molar-refractivity contribution in [2.75, 3.05) is 33.7 Å². The Kier molecular flexibility index (Phi) is 9.62. The van der Waals surface area contributed by atoms with Crippen LogP contribution in [0.1, 0.15) is 31.2 Å². The Labute approximate surface area is 176 Å².